The predicted molar refractivity (Wildman–Crippen MR) is 40.2 cm³/mol. The second kappa shape index (κ2) is 3.00. The van der Waals surface area contributed by atoms with Crippen LogP contribution in [0.5, 0.6) is 0 Å². The van der Waals surface area contributed by atoms with E-state index in [0.29, 0.717) is 0 Å². The van der Waals surface area contributed by atoms with Crippen molar-refractivity contribution >= 4 is 5.97 Å². The van der Waals surface area contributed by atoms with E-state index in [1.807, 2.05) is 0 Å². The number of carboxylic acids is 1. The third-order valence-corrected chi connectivity index (χ3v) is 2.03. The van der Waals surface area contributed by atoms with Crippen molar-refractivity contribution in [2.75, 3.05) is 0 Å². The molecule has 1 N–H and O–H groups in total. The van der Waals surface area contributed by atoms with E-state index in [2.05, 4.69) is 10.3 Å². The highest BCUT2D eigenvalue weighted by Gasteiger charge is 2.34. The second-order valence-electron chi connectivity index (χ2n) is 3.10. The third kappa shape index (κ3) is 1.34. The van der Waals surface area contributed by atoms with E-state index in [1.54, 1.807) is 0 Å². The van der Waals surface area contributed by atoms with Gasteiger partial charge in [0.2, 0.25) is 0 Å². The number of rotatable bonds is 3. The van der Waals surface area contributed by atoms with E-state index in [9.17, 15) is 13.6 Å². The first-order valence-corrected chi connectivity index (χ1v) is 4.07. The molecule has 0 atom stereocenters. The van der Waals surface area contributed by atoms with Crippen LogP contribution in [-0.4, -0.2) is 26.1 Å². The lowest BCUT2D eigenvalue weighted by molar-refractivity contribution is 0.0675. The predicted octanol–water partition coefficient (Wildman–Crippen LogP) is 1.25. The summed E-state index contributed by atoms with van der Waals surface area (Å²) in [4.78, 5) is 10.5. The first kappa shape index (κ1) is 9.04. The second-order valence-corrected chi connectivity index (χ2v) is 3.10. The summed E-state index contributed by atoms with van der Waals surface area (Å²) >= 11 is 0. The summed E-state index contributed by atoms with van der Waals surface area (Å²) in [6, 6.07) is -0.0976. The number of aromatic carboxylic acids is 1. The standard InChI is InChI=1S/C7H7F2N3O2/c8-6(9)5-4(7(13)14)10-11-12(5)3-1-2-3/h3,6H,1-2H2,(H,13,14). The van der Waals surface area contributed by atoms with Gasteiger partial charge in [0.05, 0.1) is 6.04 Å². The molecule has 76 valence electrons. The molecular weight excluding hydrogens is 196 g/mol. The minimum absolute atomic E-state index is 0.0976. The summed E-state index contributed by atoms with van der Waals surface area (Å²) in [5, 5.41) is 15.2. The normalized spacial score (nSPS) is 16.2. The molecule has 1 fully saturated rings. The number of alkyl halides is 2. The van der Waals surface area contributed by atoms with Gasteiger partial charge in [-0.3, -0.25) is 0 Å². The number of hydrogen-bond acceptors (Lipinski definition) is 3. The molecule has 5 nitrogen and oxygen atoms in total. The number of halogens is 2. The van der Waals surface area contributed by atoms with Gasteiger partial charge in [-0.2, -0.15) is 0 Å². The van der Waals surface area contributed by atoms with Crippen LogP contribution in [-0.2, 0) is 0 Å². The average molecular weight is 203 g/mol. The van der Waals surface area contributed by atoms with Gasteiger partial charge in [-0.15, -0.1) is 5.10 Å². The van der Waals surface area contributed by atoms with Gasteiger partial charge >= 0.3 is 5.97 Å². The Morgan fingerprint density at radius 1 is 1.57 bits per heavy atom. The molecule has 14 heavy (non-hydrogen) atoms. The van der Waals surface area contributed by atoms with Crippen molar-refractivity contribution in [2.24, 2.45) is 0 Å². The van der Waals surface area contributed by atoms with Gasteiger partial charge in [0.1, 0.15) is 5.69 Å². The lowest BCUT2D eigenvalue weighted by Gasteiger charge is -2.02. The largest absolute Gasteiger partial charge is 0.476 e. The SMILES string of the molecule is O=C(O)c1nnn(C2CC2)c1C(F)F. The molecule has 0 spiro atoms. The Bertz CT molecular complexity index is 373. The van der Waals surface area contributed by atoms with Crippen LogP contribution in [0.25, 0.3) is 0 Å². The van der Waals surface area contributed by atoms with E-state index in [4.69, 9.17) is 5.11 Å². The number of hydrogen-bond donors (Lipinski definition) is 1. The van der Waals surface area contributed by atoms with Gasteiger partial charge in [0.25, 0.3) is 6.43 Å². The average Bonchev–Trinajstić information content (AvgIpc) is 2.83. The van der Waals surface area contributed by atoms with E-state index in [0.717, 1.165) is 17.5 Å². The van der Waals surface area contributed by atoms with E-state index in [1.165, 1.54) is 0 Å². The van der Waals surface area contributed by atoms with Gasteiger partial charge in [-0.05, 0) is 12.8 Å². The van der Waals surface area contributed by atoms with Crippen LogP contribution < -0.4 is 0 Å². The Balaban J connectivity index is 2.46. The summed E-state index contributed by atoms with van der Waals surface area (Å²) < 4.78 is 26.0. The van der Waals surface area contributed by atoms with Crippen LogP contribution in [0.3, 0.4) is 0 Å². The van der Waals surface area contributed by atoms with E-state index >= 15 is 0 Å². The molecule has 0 aliphatic heterocycles. The maximum absolute atomic E-state index is 12.5. The summed E-state index contributed by atoms with van der Waals surface area (Å²) in [7, 11) is 0. The first-order chi connectivity index (χ1) is 6.61. The van der Waals surface area contributed by atoms with E-state index in [-0.39, 0.29) is 6.04 Å². The lowest BCUT2D eigenvalue weighted by atomic mass is 10.3. The van der Waals surface area contributed by atoms with Crippen LogP contribution in [0.15, 0.2) is 0 Å². The third-order valence-electron chi connectivity index (χ3n) is 2.03. The molecule has 7 heteroatoms. The summed E-state index contributed by atoms with van der Waals surface area (Å²) in [6.07, 6.45) is -1.35. The van der Waals surface area contributed by atoms with Gasteiger partial charge in [0.15, 0.2) is 5.69 Å². The zero-order valence-electron chi connectivity index (χ0n) is 7.02. The highest BCUT2D eigenvalue weighted by atomic mass is 19.3. The molecule has 1 saturated carbocycles. The van der Waals surface area contributed by atoms with Crippen molar-refractivity contribution in [1.29, 1.82) is 0 Å². The van der Waals surface area contributed by atoms with Crippen molar-refractivity contribution in [1.82, 2.24) is 15.0 Å². The monoisotopic (exact) mass is 203 g/mol. The molecule has 1 aromatic rings. The number of carboxylic acid groups (broad SMARTS) is 1. The maximum atomic E-state index is 12.5. The van der Waals surface area contributed by atoms with Gasteiger partial charge < -0.3 is 5.11 Å². The van der Waals surface area contributed by atoms with Crippen LogP contribution in [0, 0.1) is 0 Å². The van der Waals surface area contributed by atoms with Gasteiger partial charge in [0, 0.05) is 0 Å². The smallest absolute Gasteiger partial charge is 0.358 e. The van der Waals surface area contributed by atoms with Gasteiger partial charge in [-0.1, -0.05) is 5.21 Å². The summed E-state index contributed by atoms with van der Waals surface area (Å²) in [5.74, 6) is -1.47. The maximum Gasteiger partial charge on any atom is 0.358 e. The fraction of sp³-hybridized carbons (Fsp3) is 0.571. The van der Waals surface area contributed by atoms with Crippen LogP contribution >= 0.6 is 0 Å². The van der Waals surface area contributed by atoms with Crippen molar-refractivity contribution in [3.63, 3.8) is 0 Å². The molecular formula is C7H7F2N3O2. The zero-order valence-corrected chi connectivity index (χ0v) is 7.02. The fourth-order valence-corrected chi connectivity index (χ4v) is 1.25. The topological polar surface area (TPSA) is 68.0 Å². The van der Waals surface area contributed by atoms with Crippen molar-refractivity contribution in [3.05, 3.63) is 11.4 Å². The zero-order chi connectivity index (χ0) is 10.3. The fourth-order valence-electron chi connectivity index (χ4n) is 1.25. The highest BCUT2D eigenvalue weighted by Crippen LogP contribution is 2.37. The Morgan fingerprint density at radius 3 is 2.64 bits per heavy atom. The molecule has 1 aliphatic rings. The molecule has 0 bridgehead atoms. The first-order valence-electron chi connectivity index (χ1n) is 4.07. The Morgan fingerprint density at radius 2 is 2.21 bits per heavy atom. The number of aromatic nitrogens is 3. The molecule has 0 saturated heterocycles. The molecule has 1 heterocycles. The lowest BCUT2D eigenvalue weighted by Crippen LogP contribution is -2.07. The van der Waals surface area contributed by atoms with Crippen LogP contribution in [0.1, 0.15) is 41.5 Å². The van der Waals surface area contributed by atoms with Crippen LogP contribution in [0.4, 0.5) is 8.78 Å². The summed E-state index contributed by atoms with van der Waals surface area (Å²) in [6.45, 7) is 0. The molecule has 0 aromatic carbocycles. The highest BCUT2D eigenvalue weighted by molar-refractivity contribution is 5.86. The minimum Gasteiger partial charge on any atom is -0.476 e. The Kier molecular flexibility index (Phi) is 1.94. The Hall–Kier alpha value is -1.53. The molecule has 0 radical (unpaired) electrons. The number of nitrogens with zero attached hydrogens (tertiary/aromatic N) is 3. The molecule has 1 aliphatic carbocycles. The number of carbonyl (C=O) groups is 1. The quantitative estimate of drug-likeness (QED) is 0.802. The van der Waals surface area contributed by atoms with Crippen molar-refractivity contribution in [3.8, 4) is 0 Å². The molecule has 0 amide bonds. The van der Waals surface area contributed by atoms with Crippen molar-refractivity contribution < 1.29 is 18.7 Å². The van der Waals surface area contributed by atoms with Crippen LogP contribution in [0.2, 0.25) is 0 Å². The molecule has 1 aromatic heterocycles. The molecule has 0 unspecified atom stereocenters. The summed E-state index contributed by atoms with van der Waals surface area (Å²) in [5.41, 5.74) is -1.23. The van der Waals surface area contributed by atoms with Crippen molar-refractivity contribution in [2.45, 2.75) is 25.3 Å². The van der Waals surface area contributed by atoms with E-state index < -0.39 is 23.8 Å². The van der Waals surface area contributed by atoms with Gasteiger partial charge in [-0.25, -0.2) is 18.3 Å². The minimum atomic E-state index is -2.85. The molecule has 2 rings (SSSR count). The Labute approximate surface area is 77.3 Å².